The van der Waals surface area contributed by atoms with Gasteiger partial charge in [0, 0.05) is 37.2 Å². The van der Waals surface area contributed by atoms with E-state index < -0.39 is 0 Å². The molecule has 0 fully saturated rings. The van der Waals surface area contributed by atoms with E-state index >= 15 is 0 Å². The van der Waals surface area contributed by atoms with Gasteiger partial charge in [-0.3, -0.25) is 0 Å². The molecule has 0 aliphatic heterocycles. The molecule has 2 aromatic carbocycles. The highest BCUT2D eigenvalue weighted by Gasteiger charge is 2.07. The van der Waals surface area contributed by atoms with Crippen molar-refractivity contribution in [3.63, 3.8) is 0 Å². The predicted molar refractivity (Wildman–Crippen MR) is 91.7 cm³/mol. The van der Waals surface area contributed by atoms with E-state index in [4.69, 9.17) is 26.8 Å². The fourth-order valence-electron chi connectivity index (χ4n) is 1.51. The van der Waals surface area contributed by atoms with Crippen molar-refractivity contribution >= 4 is 51.6 Å². The second-order valence-electron chi connectivity index (χ2n) is 3.93. The number of ether oxygens (including phenoxy) is 2. The van der Waals surface area contributed by atoms with Crippen LogP contribution in [0.4, 0.5) is 5.69 Å². The molecule has 0 amide bonds. The van der Waals surface area contributed by atoms with Gasteiger partial charge in [-0.1, -0.05) is 23.4 Å². The van der Waals surface area contributed by atoms with Crippen molar-refractivity contribution in [3.05, 3.63) is 45.0 Å². The zero-order chi connectivity index (χ0) is 14.5. The van der Waals surface area contributed by atoms with E-state index in [1.807, 2.05) is 30.3 Å². The van der Waals surface area contributed by atoms with Crippen LogP contribution in [0.3, 0.4) is 0 Å². The first-order valence-electron chi connectivity index (χ1n) is 5.74. The van der Waals surface area contributed by atoms with E-state index in [0.29, 0.717) is 11.4 Å². The van der Waals surface area contributed by atoms with Crippen molar-refractivity contribution in [1.29, 1.82) is 0 Å². The molecule has 0 saturated carbocycles. The maximum absolute atomic E-state index is 6.05. The summed E-state index contributed by atoms with van der Waals surface area (Å²) in [6.45, 7) is 0.209. The van der Waals surface area contributed by atoms with Crippen molar-refractivity contribution < 1.29 is 9.47 Å². The third-order valence-corrected chi connectivity index (χ3v) is 5.10. The Bertz CT molecular complexity index is 610. The summed E-state index contributed by atoms with van der Waals surface area (Å²) in [6.07, 6.45) is 0. The van der Waals surface area contributed by atoms with Gasteiger partial charge in [0.15, 0.2) is 6.79 Å². The number of benzene rings is 2. The third-order valence-electron chi connectivity index (χ3n) is 2.44. The molecule has 2 N–H and O–H groups in total. The minimum atomic E-state index is 0.209. The van der Waals surface area contributed by atoms with E-state index in [1.165, 1.54) is 0 Å². The average molecular weight is 422 g/mol. The summed E-state index contributed by atoms with van der Waals surface area (Å²) in [5.41, 5.74) is 6.73. The highest BCUT2D eigenvalue weighted by molar-refractivity contribution is 14.1. The molecule has 0 bridgehead atoms. The van der Waals surface area contributed by atoms with Crippen LogP contribution >= 0.6 is 46.0 Å². The highest BCUT2D eigenvalue weighted by atomic mass is 127. The Labute approximate surface area is 140 Å². The number of methoxy groups -OCH3 is 1. The quantitative estimate of drug-likeness (QED) is 0.433. The van der Waals surface area contributed by atoms with Crippen molar-refractivity contribution in [1.82, 2.24) is 0 Å². The zero-order valence-electron chi connectivity index (χ0n) is 10.7. The predicted octanol–water partition coefficient (Wildman–Crippen LogP) is 4.66. The van der Waals surface area contributed by atoms with E-state index in [-0.39, 0.29) is 6.79 Å². The molecule has 2 rings (SSSR count). The second-order valence-corrected chi connectivity index (χ2v) is 6.61. The molecule has 0 atom stereocenters. The summed E-state index contributed by atoms with van der Waals surface area (Å²) in [4.78, 5) is 2.10. The van der Waals surface area contributed by atoms with Crippen molar-refractivity contribution in [2.24, 2.45) is 0 Å². The number of halogens is 2. The number of nitrogens with two attached hydrogens (primary N) is 1. The Morgan fingerprint density at radius 2 is 1.95 bits per heavy atom. The lowest BCUT2D eigenvalue weighted by Gasteiger charge is -2.10. The Balaban J connectivity index is 2.17. The molecule has 20 heavy (non-hydrogen) atoms. The van der Waals surface area contributed by atoms with Crippen LogP contribution in [-0.4, -0.2) is 13.9 Å². The number of hydrogen-bond donors (Lipinski definition) is 1. The minimum Gasteiger partial charge on any atom is -0.467 e. The fourth-order valence-corrected chi connectivity index (χ4v) is 3.56. The van der Waals surface area contributed by atoms with Crippen molar-refractivity contribution in [3.8, 4) is 5.75 Å². The Morgan fingerprint density at radius 3 is 2.60 bits per heavy atom. The standard InChI is InChI=1S/C14H13ClINO2S/c1-18-8-19-10-3-5-14(12(17)7-10)20-13-4-2-9(15)6-11(13)16/h2-7H,8,17H2,1H3. The van der Waals surface area contributed by atoms with Crippen LogP contribution in [0, 0.1) is 3.57 Å². The van der Waals surface area contributed by atoms with Gasteiger partial charge in [0.1, 0.15) is 5.75 Å². The topological polar surface area (TPSA) is 44.5 Å². The first kappa shape index (κ1) is 15.8. The molecule has 106 valence electrons. The lowest BCUT2D eigenvalue weighted by Crippen LogP contribution is -1.99. The molecule has 2 aromatic rings. The molecule has 0 aliphatic rings. The van der Waals surface area contributed by atoms with Crippen molar-refractivity contribution in [2.45, 2.75) is 9.79 Å². The summed E-state index contributed by atoms with van der Waals surface area (Å²) >= 11 is 9.82. The van der Waals surface area contributed by atoms with Gasteiger partial charge in [0.2, 0.25) is 0 Å². The van der Waals surface area contributed by atoms with Gasteiger partial charge in [0.25, 0.3) is 0 Å². The molecule has 6 heteroatoms. The Hall–Kier alpha value is -0.630. The SMILES string of the molecule is COCOc1ccc(Sc2ccc(Cl)cc2I)c(N)c1. The maximum Gasteiger partial charge on any atom is 0.188 e. The molecule has 0 radical (unpaired) electrons. The summed E-state index contributed by atoms with van der Waals surface area (Å²) in [6, 6.07) is 11.4. The van der Waals surface area contributed by atoms with E-state index in [2.05, 4.69) is 22.6 Å². The normalized spacial score (nSPS) is 10.6. The average Bonchev–Trinajstić information content (AvgIpc) is 2.42. The molecule has 3 nitrogen and oxygen atoms in total. The van der Waals surface area contributed by atoms with E-state index in [1.54, 1.807) is 24.9 Å². The van der Waals surface area contributed by atoms with Crippen LogP contribution in [0.2, 0.25) is 5.02 Å². The zero-order valence-corrected chi connectivity index (χ0v) is 14.5. The highest BCUT2D eigenvalue weighted by Crippen LogP contribution is 2.37. The van der Waals surface area contributed by atoms with Crippen LogP contribution in [0.1, 0.15) is 0 Å². The van der Waals surface area contributed by atoms with Crippen LogP contribution in [-0.2, 0) is 4.74 Å². The van der Waals surface area contributed by atoms with Gasteiger partial charge in [-0.25, -0.2) is 0 Å². The fraction of sp³-hybridized carbons (Fsp3) is 0.143. The lowest BCUT2D eigenvalue weighted by molar-refractivity contribution is 0.0511. The van der Waals surface area contributed by atoms with Gasteiger partial charge in [-0.2, -0.15) is 0 Å². The van der Waals surface area contributed by atoms with Gasteiger partial charge < -0.3 is 15.2 Å². The molecule has 0 aromatic heterocycles. The van der Waals surface area contributed by atoms with E-state index in [0.717, 1.165) is 18.4 Å². The first-order valence-corrected chi connectivity index (χ1v) is 8.01. The van der Waals surface area contributed by atoms with Gasteiger partial charge in [-0.15, -0.1) is 0 Å². The van der Waals surface area contributed by atoms with E-state index in [9.17, 15) is 0 Å². The van der Waals surface area contributed by atoms with Gasteiger partial charge in [-0.05, 0) is 52.9 Å². The summed E-state index contributed by atoms with van der Waals surface area (Å²) in [5.74, 6) is 0.694. The Morgan fingerprint density at radius 1 is 1.20 bits per heavy atom. The third kappa shape index (κ3) is 4.18. The first-order chi connectivity index (χ1) is 9.60. The molecule has 0 heterocycles. The molecule has 0 saturated heterocycles. The molecular formula is C14H13ClINO2S. The van der Waals surface area contributed by atoms with Crippen LogP contribution in [0.15, 0.2) is 46.2 Å². The number of nitrogen functional groups attached to an aromatic ring is 1. The van der Waals surface area contributed by atoms with Crippen molar-refractivity contribution in [2.75, 3.05) is 19.6 Å². The van der Waals surface area contributed by atoms with Gasteiger partial charge in [0.05, 0.1) is 0 Å². The Kier molecular flexibility index (Phi) is 5.83. The summed E-state index contributed by atoms with van der Waals surface area (Å²) in [5, 5.41) is 0.732. The van der Waals surface area contributed by atoms with Crippen LogP contribution in [0.5, 0.6) is 5.75 Å². The largest absolute Gasteiger partial charge is 0.467 e. The molecule has 0 aliphatic carbocycles. The smallest absolute Gasteiger partial charge is 0.188 e. The number of rotatable bonds is 5. The van der Waals surface area contributed by atoms with Crippen LogP contribution < -0.4 is 10.5 Å². The summed E-state index contributed by atoms with van der Waals surface area (Å²) < 4.78 is 11.3. The molecule has 0 spiro atoms. The second kappa shape index (κ2) is 7.40. The minimum absolute atomic E-state index is 0.209. The maximum atomic E-state index is 6.05. The monoisotopic (exact) mass is 421 g/mol. The van der Waals surface area contributed by atoms with Crippen LogP contribution in [0.25, 0.3) is 0 Å². The molecule has 0 unspecified atom stereocenters. The lowest BCUT2D eigenvalue weighted by atomic mass is 10.3. The molecular weight excluding hydrogens is 409 g/mol. The number of hydrogen-bond acceptors (Lipinski definition) is 4. The summed E-state index contributed by atoms with van der Waals surface area (Å²) in [7, 11) is 1.58. The van der Waals surface area contributed by atoms with Gasteiger partial charge >= 0.3 is 0 Å². The number of anilines is 1.